The minimum atomic E-state index is -2.20. The molecule has 526 valence electrons. The topological polar surface area (TPSA) is 534 Å². The molecule has 21 rings (SSSR count). The second kappa shape index (κ2) is 31.8. The van der Waals surface area contributed by atoms with Gasteiger partial charge in [0.1, 0.15) is 165 Å². The first-order chi connectivity index (χ1) is 42.5. The first-order valence-corrected chi connectivity index (χ1v) is 30.5. The van der Waals surface area contributed by atoms with Crippen molar-refractivity contribution in [2.24, 2.45) is 0 Å². The van der Waals surface area contributed by atoms with Crippen LogP contribution in [0.25, 0.3) is 0 Å². The van der Waals surface area contributed by atoms with E-state index >= 15 is 0 Å². The van der Waals surface area contributed by atoms with Crippen molar-refractivity contribution in [3.8, 4) is 0 Å². The smallest absolute Gasteiger partial charge is 0.187 e. The second-order valence-electron chi connectivity index (χ2n) is 26.1. The van der Waals surface area contributed by atoms with Crippen molar-refractivity contribution in [3.63, 3.8) is 0 Å². The third-order valence-electron chi connectivity index (χ3n) is 18.0. The number of hydrogen-bond donors (Lipinski definition) is 20. The minimum Gasteiger partial charge on any atom is -0.394 e. The molecule has 0 saturated carbocycles. The molecule has 0 aliphatic carbocycles. The van der Waals surface area contributed by atoms with Crippen LogP contribution in [0.2, 0.25) is 0 Å². The Hall–Kier alpha value is -1.44. The maximum Gasteiger partial charge on any atom is 0.187 e. The van der Waals surface area contributed by atoms with Crippen LogP contribution in [0.5, 0.6) is 0 Å². The highest BCUT2D eigenvalue weighted by Gasteiger charge is 2.60. The van der Waals surface area contributed by atoms with E-state index in [1.54, 1.807) is 0 Å². The standard InChI is InChI=1S/C54H98N2O34/c1-55(2,3)11-8-6-7-9-12-56(4,5)13-10-20-41-27(63)34(70)48(77-20)85-42-21(14-57)79-50(36(72)29(42)65)87-44-23(16-59)81-52(38(74)31(44)67)89-46-25(18-61)83-54(40(76)33(46)69)90-47-26(19-62)82-53(39(75)32(47)68)88-45-24(17-60)80-51(37(73)30(45)66)86-43-22(15-58)78-49(84-41)35(71)28(43)64/h20-54,57-76H,6-19H2,1-5H3/q+2/t20-,21-,22-,23-,24-,25-,26-,27-,28-,29-,30-,31-,32-,33-,34-,35-,36-,37-,38-,39-,40-,41-,42-,43-,44-,45-,46-,47-,48-,49-,50-,51-,52-,53-,54-/m1/s1. The van der Waals surface area contributed by atoms with Gasteiger partial charge in [-0.05, 0) is 25.7 Å². The quantitative estimate of drug-likeness (QED) is 0.0504. The number of rotatable bonds is 16. The van der Waals surface area contributed by atoms with Gasteiger partial charge in [-0.3, -0.25) is 0 Å². The zero-order valence-electron chi connectivity index (χ0n) is 50.7. The van der Waals surface area contributed by atoms with E-state index in [1.807, 2.05) is 14.1 Å². The summed E-state index contributed by atoms with van der Waals surface area (Å²) in [6, 6.07) is 0. The molecular formula is C54H98N2O34+2. The predicted molar refractivity (Wildman–Crippen MR) is 289 cm³/mol. The number of aliphatic hydroxyl groups is 20. The van der Waals surface area contributed by atoms with Gasteiger partial charge in [-0.25, -0.2) is 0 Å². The maximum atomic E-state index is 12.0. The number of nitrogens with zero attached hydrogens (tertiary/aromatic N) is 2. The molecule has 21 aliphatic heterocycles. The Balaban J connectivity index is 1.08. The number of unbranched alkanes of at least 4 members (excludes halogenated alkanes) is 3. The number of aliphatic hydroxyl groups excluding tert-OH is 20. The lowest BCUT2D eigenvalue weighted by molar-refractivity contribution is -0.891. The first kappa shape index (κ1) is 74.4. The number of ether oxygens (including phenoxy) is 14. The summed E-state index contributed by atoms with van der Waals surface area (Å²) < 4.78 is 83.5. The van der Waals surface area contributed by atoms with Gasteiger partial charge < -0.3 is 177 Å². The van der Waals surface area contributed by atoms with Gasteiger partial charge in [0.2, 0.25) is 0 Å². The van der Waals surface area contributed by atoms with Crippen LogP contribution in [0.15, 0.2) is 0 Å². The molecule has 36 heteroatoms. The molecule has 0 aromatic heterocycles. The van der Waals surface area contributed by atoms with Gasteiger partial charge in [-0.2, -0.15) is 0 Å². The lowest BCUT2D eigenvalue weighted by Crippen LogP contribution is -2.68. The predicted octanol–water partition coefficient (Wildman–Crippen LogP) is -12.5. The molecule has 21 fully saturated rings. The molecule has 0 aromatic carbocycles. The number of hydrogen-bond acceptors (Lipinski definition) is 34. The highest BCUT2D eigenvalue weighted by atomic mass is 16.8. The minimum absolute atomic E-state index is 0.00334. The van der Waals surface area contributed by atoms with Gasteiger partial charge in [0, 0.05) is 6.42 Å². The van der Waals surface area contributed by atoms with Crippen LogP contribution in [-0.4, -0.2) is 421 Å². The fourth-order valence-electron chi connectivity index (χ4n) is 12.6. The SMILES string of the molecule is C[N+](C)(C)CCCCCC[N+](C)(C)CC[C@H]1O[C@@H]2O[C@H]3[C@H](O)[C@@H](O)[C@@H](O[C@H]4[C@H](O)[C@@H](O)[C@@H](O[C@H]5[C@H](O)[C@@H](O)[C@@H](O[C@H]6[C@H](O)[C@@H](O)[C@@H](O[C@H]7[C@H](O)[C@@H](O)[C@@H](O[C@H]8[C@H](O)[C@@H](O)[C@@H](O[C@H]1[C@H](O)[C@H]2O)O[C@@H]8CO)O[C@@H]7CO)O[C@@H]6CO)O[C@@H]5CO)O[C@@H]4CO)O[C@@H]3CO. The molecule has 35 atom stereocenters. The van der Waals surface area contributed by atoms with Crippen LogP contribution in [0.4, 0.5) is 0 Å². The summed E-state index contributed by atoms with van der Waals surface area (Å²) in [6.07, 6.45) is -64.9. The van der Waals surface area contributed by atoms with Gasteiger partial charge in [-0.1, -0.05) is 0 Å². The summed E-state index contributed by atoms with van der Waals surface area (Å²) in [5.41, 5.74) is 0. The van der Waals surface area contributed by atoms with Crippen molar-refractivity contribution in [3.05, 3.63) is 0 Å². The van der Waals surface area contributed by atoms with Crippen LogP contribution < -0.4 is 0 Å². The molecule has 21 heterocycles. The monoisotopic (exact) mass is 1320 g/mol. The highest BCUT2D eigenvalue weighted by Crippen LogP contribution is 2.39. The lowest BCUT2D eigenvalue weighted by atomic mass is 9.94. The molecule has 14 bridgehead atoms. The largest absolute Gasteiger partial charge is 0.394 e. The van der Waals surface area contributed by atoms with E-state index in [0.717, 1.165) is 36.7 Å². The van der Waals surface area contributed by atoms with Crippen LogP contribution in [0.1, 0.15) is 32.1 Å². The molecule has 0 unspecified atom stereocenters. The fraction of sp³-hybridized carbons (Fsp3) is 1.00. The molecule has 21 aliphatic rings. The fourth-order valence-corrected chi connectivity index (χ4v) is 12.6. The third kappa shape index (κ3) is 16.6. The summed E-state index contributed by atoms with van der Waals surface area (Å²) in [5, 5.41) is 225. The zero-order chi connectivity index (χ0) is 66.0. The van der Waals surface area contributed by atoms with E-state index in [2.05, 4.69) is 21.1 Å². The van der Waals surface area contributed by atoms with Gasteiger partial charge >= 0.3 is 0 Å². The molecule has 0 aromatic rings. The maximum absolute atomic E-state index is 12.0. The first-order valence-electron chi connectivity index (χ1n) is 30.5. The van der Waals surface area contributed by atoms with Crippen LogP contribution in [0.3, 0.4) is 0 Å². The zero-order valence-corrected chi connectivity index (χ0v) is 50.7. The van der Waals surface area contributed by atoms with Crippen molar-refractivity contribution in [1.82, 2.24) is 0 Å². The van der Waals surface area contributed by atoms with Gasteiger partial charge in [0.05, 0.1) is 101 Å². The van der Waals surface area contributed by atoms with E-state index < -0.39 is 255 Å². The average molecular weight is 1320 g/mol. The van der Waals surface area contributed by atoms with E-state index in [4.69, 9.17) is 66.3 Å². The summed E-state index contributed by atoms with van der Waals surface area (Å²) >= 11 is 0. The van der Waals surface area contributed by atoms with Gasteiger partial charge in [-0.15, -0.1) is 0 Å². The van der Waals surface area contributed by atoms with E-state index in [1.165, 1.54) is 0 Å². The Labute approximate surface area is 517 Å². The van der Waals surface area contributed by atoms with Crippen LogP contribution >= 0.6 is 0 Å². The van der Waals surface area contributed by atoms with E-state index in [0.29, 0.717) is 17.6 Å². The number of quaternary nitrogens is 2. The molecule has 0 spiro atoms. The Morgan fingerprint density at radius 1 is 0.222 bits per heavy atom. The lowest BCUT2D eigenvalue weighted by Gasteiger charge is -2.50. The molecular weight excluding hydrogens is 1220 g/mol. The Bertz CT molecular complexity index is 2150. The normalized spacial score (nSPS) is 49.5. The van der Waals surface area contributed by atoms with Crippen molar-refractivity contribution in [2.45, 2.75) is 247 Å². The Morgan fingerprint density at radius 3 is 0.611 bits per heavy atom. The molecule has 0 radical (unpaired) electrons. The second-order valence-corrected chi connectivity index (χ2v) is 26.1. The Morgan fingerprint density at radius 2 is 0.411 bits per heavy atom. The summed E-state index contributed by atoms with van der Waals surface area (Å²) in [4.78, 5) is 0. The molecule has 21 saturated heterocycles. The van der Waals surface area contributed by atoms with Crippen LogP contribution in [-0.2, 0) is 66.3 Å². The highest BCUT2D eigenvalue weighted by molar-refractivity contribution is 5.02. The van der Waals surface area contributed by atoms with Crippen molar-refractivity contribution < 1.29 is 177 Å². The van der Waals surface area contributed by atoms with Crippen molar-refractivity contribution >= 4 is 0 Å². The Kier molecular flexibility index (Phi) is 26.3. The third-order valence-corrected chi connectivity index (χ3v) is 18.0. The van der Waals surface area contributed by atoms with Crippen LogP contribution in [0, 0.1) is 0 Å². The average Bonchev–Trinajstić information content (AvgIpc) is 0.897. The summed E-state index contributed by atoms with van der Waals surface area (Å²) in [6.45, 7) is -4.18. The molecule has 36 nitrogen and oxygen atoms in total. The van der Waals surface area contributed by atoms with E-state index in [-0.39, 0.29) is 6.42 Å². The molecule has 0 amide bonds. The van der Waals surface area contributed by atoms with Gasteiger partial charge in [0.25, 0.3) is 0 Å². The van der Waals surface area contributed by atoms with Crippen molar-refractivity contribution in [1.29, 1.82) is 0 Å². The van der Waals surface area contributed by atoms with Gasteiger partial charge in [0.15, 0.2) is 44.0 Å². The summed E-state index contributed by atoms with van der Waals surface area (Å²) in [7, 11) is 10.2. The summed E-state index contributed by atoms with van der Waals surface area (Å²) in [5.74, 6) is 0. The molecule has 20 N–H and O–H groups in total. The molecule has 90 heavy (non-hydrogen) atoms. The van der Waals surface area contributed by atoms with E-state index in [9.17, 15) is 102 Å². The van der Waals surface area contributed by atoms with Crippen molar-refractivity contribution in [2.75, 3.05) is 94.5 Å².